The predicted octanol–water partition coefficient (Wildman–Crippen LogP) is 4.23. The van der Waals surface area contributed by atoms with E-state index in [1.807, 2.05) is 0 Å². The summed E-state index contributed by atoms with van der Waals surface area (Å²) < 4.78 is 5.48. The van der Waals surface area contributed by atoms with Gasteiger partial charge in [0.15, 0.2) is 0 Å². The SMILES string of the molecule is O=C(OCC=C1CCCCC1)C1CCc2ccccc2C1. The topological polar surface area (TPSA) is 26.3 Å². The molecule has 0 spiro atoms. The minimum atomic E-state index is -0.0165. The molecule has 112 valence electrons. The van der Waals surface area contributed by atoms with Crippen LogP contribution in [0.2, 0.25) is 0 Å². The van der Waals surface area contributed by atoms with Gasteiger partial charge in [-0.3, -0.25) is 4.79 Å². The van der Waals surface area contributed by atoms with Crippen LogP contribution < -0.4 is 0 Å². The maximum absolute atomic E-state index is 12.2. The molecular weight excluding hydrogens is 260 g/mol. The van der Waals surface area contributed by atoms with E-state index in [0.29, 0.717) is 6.61 Å². The van der Waals surface area contributed by atoms with Gasteiger partial charge in [0, 0.05) is 0 Å². The van der Waals surface area contributed by atoms with Crippen LogP contribution in [-0.4, -0.2) is 12.6 Å². The number of aryl methyl sites for hydroxylation is 1. The Bertz CT molecular complexity index is 522. The van der Waals surface area contributed by atoms with Gasteiger partial charge in [-0.25, -0.2) is 0 Å². The van der Waals surface area contributed by atoms with Crippen LogP contribution in [0.4, 0.5) is 0 Å². The van der Waals surface area contributed by atoms with Gasteiger partial charge in [-0.2, -0.15) is 0 Å². The maximum Gasteiger partial charge on any atom is 0.309 e. The van der Waals surface area contributed by atoms with E-state index in [4.69, 9.17) is 4.74 Å². The summed E-state index contributed by atoms with van der Waals surface area (Å²) in [5, 5.41) is 0. The molecule has 3 rings (SSSR count). The third-order valence-corrected chi connectivity index (χ3v) is 4.77. The molecule has 21 heavy (non-hydrogen) atoms. The molecule has 2 heteroatoms. The van der Waals surface area contributed by atoms with Gasteiger partial charge in [0.05, 0.1) is 5.92 Å². The van der Waals surface area contributed by atoms with Crippen LogP contribution in [0.5, 0.6) is 0 Å². The molecule has 2 aliphatic rings. The molecule has 2 aliphatic carbocycles. The number of fused-ring (bicyclic) bond motifs is 1. The first-order chi connectivity index (χ1) is 10.3. The van der Waals surface area contributed by atoms with E-state index >= 15 is 0 Å². The standard InChI is InChI=1S/C19H24O2/c20-19(21-13-12-15-6-2-1-3-7-15)18-11-10-16-8-4-5-9-17(16)14-18/h4-5,8-9,12,18H,1-3,6-7,10-11,13-14H2. The van der Waals surface area contributed by atoms with Gasteiger partial charge in [-0.15, -0.1) is 0 Å². The number of esters is 1. The lowest BCUT2D eigenvalue weighted by molar-refractivity contribution is -0.147. The van der Waals surface area contributed by atoms with Crippen molar-refractivity contribution < 1.29 is 9.53 Å². The Balaban J connectivity index is 1.50. The number of ether oxygens (including phenoxy) is 1. The summed E-state index contributed by atoms with van der Waals surface area (Å²) in [6, 6.07) is 8.44. The van der Waals surface area contributed by atoms with Crippen molar-refractivity contribution in [3.63, 3.8) is 0 Å². The molecule has 1 aromatic carbocycles. The molecule has 0 N–H and O–H groups in total. The Morgan fingerprint density at radius 3 is 2.67 bits per heavy atom. The Labute approximate surface area is 127 Å². The lowest BCUT2D eigenvalue weighted by Gasteiger charge is -2.23. The molecule has 1 atom stereocenters. The van der Waals surface area contributed by atoms with Crippen molar-refractivity contribution in [3.8, 4) is 0 Å². The lowest BCUT2D eigenvalue weighted by Crippen LogP contribution is -2.24. The number of hydrogen-bond acceptors (Lipinski definition) is 2. The second-order valence-electron chi connectivity index (χ2n) is 6.26. The molecule has 1 unspecified atom stereocenters. The van der Waals surface area contributed by atoms with Crippen LogP contribution in [0.3, 0.4) is 0 Å². The Morgan fingerprint density at radius 1 is 1.10 bits per heavy atom. The number of benzene rings is 1. The van der Waals surface area contributed by atoms with Crippen molar-refractivity contribution in [2.24, 2.45) is 5.92 Å². The number of hydrogen-bond donors (Lipinski definition) is 0. The highest BCUT2D eigenvalue weighted by atomic mass is 16.5. The summed E-state index contributed by atoms with van der Waals surface area (Å²) in [6.07, 6.45) is 11.2. The fraction of sp³-hybridized carbons (Fsp3) is 0.526. The van der Waals surface area contributed by atoms with E-state index in [9.17, 15) is 4.79 Å². The quantitative estimate of drug-likeness (QED) is 0.613. The predicted molar refractivity (Wildman–Crippen MR) is 84.1 cm³/mol. The highest BCUT2D eigenvalue weighted by molar-refractivity contribution is 5.73. The van der Waals surface area contributed by atoms with E-state index in [2.05, 4.69) is 30.3 Å². The highest BCUT2D eigenvalue weighted by Gasteiger charge is 2.25. The molecule has 0 aliphatic heterocycles. The third-order valence-electron chi connectivity index (χ3n) is 4.77. The van der Waals surface area contributed by atoms with Crippen LogP contribution in [0.1, 0.15) is 49.7 Å². The Kier molecular flexibility index (Phi) is 4.74. The first-order valence-corrected chi connectivity index (χ1v) is 8.24. The lowest BCUT2D eigenvalue weighted by atomic mass is 9.84. The smallest absolute Gasteiger partial charge is 0.309 e. The van der Waals surface area contributed by atoms with Crippen molar-refractivity contribution >= 4 is 5.97 Å². The van der Waals surface area contributed by atoms with Gasteiger partial charge < -0.3 is 4.74 Å². The molecule has 0 heterocycles. The monoisotopic (exact) mass is 284 g/mol. The zero-order chi connectivity index (χ0) is 14.5. The zero-order valence-electron chi connectivity index (χ0n) is 12.6. The summed E-state index contributed by atoms with van der Waals surface area (Å²) in [7, 11) is 0. The molecule has 0 saturated heterocycles. The van der Waals surface area contributed by atoms with Crippen molar-refractivity contribution in [3.05, 3.63) is 47.0 Å². The molecule has 2 nitrogen and oxygen atoms in total. The second kappa shape index (κ2) is 6.93. The van der Waals surface area contributed by atoms with Crippen molar-refractivity contribution in [2.75, 3.05) is 6.61 Å². The van der Waals surface area contributed by atoms with Crippen molar-refractivity contribution in [2.45, 2.75) is 51.4 Å². The molecule has 1 saturated carbocycles. The normalized spacial score (nSPS) is 21.5. The van der Waals surface area contributed by atoms with Crippen LogP contribution in [0.15, 0.2) is 35.9 Å². The van der Waals surface area contributed by atoms with E-state index in [1.165, 1.54) is 48.8 Å². The molecule has 1 aromatic rings. The molecule has 0 radical (unpaired) electrons. The van der Waals surface area contributed by atoms with Crippen molar-refractivity contribution in [1.29, 1.82) is 0 Å². The fourth-order valence-electron chi connectivity index (χ4n) is 3.47. The van der Waals surface area contributed by atoms with Crippen LogP contribution >= 0.6 is 0 Å². The van der Waals surface area contributed by atoms with E-state index in [0.717, 1.165) is 19.3 Å². The van der Waals surface area contributed by atoms with Crippen LogP contribution in [0.25, 0.3) is 0 Å². The van der Waals surface area contributed by atoms with E-state index < -0.39 is 0 Å². The number of carbonyl (C=O) groups is 1. The number of rotatable bonds is 3. The largest absolute Gasteiger partial charge is 0.461 e. The zero-order valence-corrected chi connectivity index (χ0v) is 12.6. The van der Waals surface area contributed by atoms with Gasteiger partial charge in [0.1, 0.15) is 6.61 Å². The maximum atomic E-state index is 12.2. The van der Waals surface area contributed by atoms with Crippen molar-refractivity contribution in [1.82, 2.24) is 0 Å². The summed E-state index contributed by atoms with van der Waals surface area (Å²) in [4.78, 5) is 12.2. The first kappa shape index (κ1) is 14.4. The first-order valence-electron chi connectivity index (χ1n) is 8.24. The van der Waals surface area contributed by atoms with Crippen LogP contribution in [-0.2, 0) is 22.4 Å². The van der Waals surface area contributed by atoms with Gasteiger partial charge in [-0.1, -0.05) is 36.3 Å². The van der Waals surface area contributed by atoms with Gasteiger partial charge >= 0.3 is 5.97 Å². The molecule has 0 amide bonds. The fourth-order valence-corrected chi connectivity index (χ4v) is 3.47. The van der Waals surface area contributed by atoms with E-state index in [1.54, 1.807) is 0 Å². The van der Waals surface area contributed by atoms with Gasteiger partial charge in [-0.05, 0) is 62.1 Å². The van der Waals surface area contributed by atoms with E-state index in [-0.39, 0.29) is 11.9 Å². The molecular formula is C19H24O2. The summed E-state index contributed by atoms with van der Waals surface area (Å²) >= 11 is 0. The summed E-state index contributed by atoms with van der Waals surface area (Å²) in [5.74, 6) is 0.0295. The van der Waals surface area contributed by atoms with Gasteiger partial charge in [0.2, 0.25) is 0 Å². The third kappa shape index (κ3) is 3.75. The number of carbonyl (C=O) groups excluding carboxylic acids is 1. The average Bonchev–Trinajstić information content (AvgIpc) is 2.55. The Morgan fingerprint density at radius 2 is 1.86 bits per heavy atom. The molecule has 1 fully saturated rings. The van der Waals surface area contributed by atoms with Gasteiger partial charge in [0.25, 0.3) is 0 Å². The minimum absolute atomic E-state index is 0.0165. The highest BCUT2D eigenvalue weighted by Crippen LogP contribution is 2.26. The number of allylic oxidation sites excluding steroid dienone is 1. The minimum Gasteiger partial charge on any atom is -0.461 e. The molecule has 0 bridgehead atoms. The summed E-state index contributed by atoms with van der Waals surface area (Å²) in [5.41, 5.74) is 4.19. The van der Waals surface area contributed by atoms with Crippen LogP contribution in [0, 0.1) is 5.92 Å². The average molecular weight is 284 g/mol. The Hall–Kier alpha value is -1.57. The molecule has 0 aromatic heterocycles. The summed E-state index contributed by atoms with van der Waals surface area (Å²) in [6.45, 7) is 0.465. The second-order valence-corrected chi connectivity index (χ2v) is 6.26.